The van der Waals surface area contributed by atoms with E-state index in [1.165, 1.54) is 18.2 Å². The lowest BCUT2D eigenvalue weighted by Crippen LogP contribution is -2.26. The minimum absolute atomic E-state index is 0.0355. The summed E-state index contributed by atoms with van der Waals surface area (Å²) in [6, 6.07) is 11.1. The first kappa shape index (κ1) is 22.2. The maximum atomic E-state index is 12.7. The van der Waals surface area contributed by atoms with E-state index in [2.05, 4.69) is 10.0 Å². The number of amides is 1. The van der Waals surface area contributed by atoms with Gasteiger partial charge in [-0.1, -0.05) is 23.7 Å². The number of benzene rings is 2. The van der Waals surface area contributed by atoms with Crippen LogP contribution < -0.4 is 10.0 Å². The number of carbonyl (C=O) groups is 1. The first-order chi connectivity index (χ1) is 13.2. The molecule has 0 spiro atoms. The van der Waals surface area contributed by atoms with Crippen LogP contribution in [0, 0.1) is 6.92 Å². The van der Waals surface area contributed by atoms with Crippen molar-refractivity contribution in [2.45, 2.75) is 38.2 Å². The second-order valence-corrected chi connectivity index (χ2v) is 8.74. The average Bonchev–Trinajstić information content (AvgIpc) is 2.60. The lowest BCUT2D eigenvalue weighted by atomic mass is 10.2. The van der Waals surface area contributed by atoms with Gasteiger partial charge in [0.1, 0.15) is 0 Å². The molecule has 8 heteroatoms. The summed E-state index contributed by atoms with van der Waals surface area (Å²) in [7, 11) is -3.85. The Balaban J connectivity index is 2.10. The molecule has 0 unspecified atom stereocenters. The molecule has 0 aromatic heterocycles. The molecule has 28 heavy (non-hydrogen) atoms. The number of nitrogens with one attached hydrogen (secondary N) is 2. The fourth-order valence-electron chi connectivity index (χ4n) is 2.46. The zero-order valence-electron chi connectivity index (χ0n) is 16.2. The number of sulfonamides is 1. The number of rotatable bonds is 9. The predicted octanol–water partition coefficient (Wildman–Crippen LogP) is 3.99. The summed E-state index contributed by atoms with van der Waals surface area (Å²) in [6.45, 7) is 6.68. The first-order valence-corrected chi connectivity index (χ1v) is 10.8. The first-order valence-electron chi connectivity index (χ1n) is 8.98. The molecule has 0 atom stereocenters. The van der Waals surface area contributed by atoms with Crippen LogP contribution in [0.4, 0.5) is 5.69 Å². The Bertz CT molecular complexity index is 930. The van der Waals surface area contributed by atoms with Crippen LogP contribution in [0.25, 0.3) is 0 Å². The van der Waals surface area contributed by atoms with Crippen LogP contribution in [0.2, 0.25) is 5.02 Å². The second kappa shape index (κ2) is 9.91. The van der Waals surface area contributed by atoms with E-state index in [0.29, 0.717) is 25.3 Å². The molecular weight excluding hydrogens is 400 g/mol. The van der Waals surface area contributed by atoms with Gasteiger partial charge in [-0.2, -0.15) is 0 Å². The van der Waals surface area contributed by atoms with Gasteiger partial charge in [0, 0.05) is 18.8 Å². The van der Waals surface area contributed by atoms with Crippen LogP contribution >= 0.6 is 11.6 Å². The molecule has 2 rings (SSSR count). The molecule has 0 aliphatic carbocycles. The van der Waals surface area contributed by atoms with Crippen molar-refractivity contribution in [3.05, 3.63) is 58.6 Å². The Morgan fingerprint density at radius 1 is 1.18 bits per heavy atom. The largest absolute Gasteiger partial charge is 0.379 e. The van der Waals surface area contributed by atoms with E-state index in [-0.39, 0.29) is 21.6 Å². The lowest BCUT2D eigenvalue weighted by Gasteiger charge is -2.12. The third-order valence-electron chi connectivity index (χ3n) is 3.82. The smallest absolute Gasteiger partial charge is 0.261 e. The highest BCUT2D eigenvalue weighted by Crippen LogP contribution is 2.23. The molecule has 0 bridgehead atoms. The summed E-state index contributed by atoms with van der Waals surface area (Å²) < 4.78 is 33.2. The van der Waals surface area contributed by atoms with Crippen LogP contribution in [0.3, 0.4) is 0 Å². The van der Waals surface area contributed by atoms with Crippen LogP contribution in [0.1, 0.15) is 36.2 Å². The van der Waals surface area contributed by atoms with Gasteiger partial charge in [-0.15, -0.1) is 0 Å². The Labute approximate surface area is 171 Å². The van der Waals surface area contributed by atoms with Crippen LogP contribution in [0.15, 0.2) is 47.4 Å². The SMILES string of the molecule is Cc1cccc(NS(=O)(=O)c2ccc(Cl)c(C(=O)NCCCOC(C)C)c2)c1. The van der Waals surface area contributed by atoms with Gasteiger partial charge in [-0.05, 0) is 63.1 Å². The van der Waals surface area contributed by atoms with E-state index in [4.69, 9.17) is 16.3 Å². The molecular formula is C20H25ClN2O4S. The Morgan fingerprint density at radius 3 is 2.61 bits per heavy atom. The third kappa shape index (κ3) is 6.51. The summed E-state index contributed by atoms with van der Waals surface area (Å²) >= 11 is 6.10. The number of anilines is 1. The van der Waals surface area contributed by atoms with Gasteiger partial charge in [0.05, 0.1) is 21.6 Å². The van der Waals surface area contributed by atoms with E-state index < -0.39 is 15.9 Å². The lowest BCUT2D eigenvalue weighted by molar-refractivity contribution is 0.0757. The maximum absolute atomic E-state index is 12.7. The van der Waals surface area contributed by atoms with Gasteiger partial charge >= 0.3 is 0 Å². The number of ether oxygens (including phenoxy) is 1. The van der Waals surface area contributed by atoms with E-state index >= 15 is 0 Å². The monoisotopic (exact) mass is 424 g/mol. The van der Waals surface area contributed by atoms with Gasteiger partial charge in [-0.3, -0.25) is 9.52 Å². The van der Waals surface area contributed by atoms with Gasteiger partial charge in [0.25, 0.3) is 15.9 Å². The van der Waals surface area contributed by atoms with Crippen molar-refractivity contribution in [3.8, 4) is 0 Å². The Hall–Kier alpha value is -2.09. The van der Waals surface area contributed by atoms with Crippen molar-refractivity contribution < 1.29 is 17.9 Å². The highest BCUT2D eigenvalue weighted by atomic mass is 35.5. The molecule has 6 nitrogen and oxygen atoms in total. The van der Waals surface area contributed by atoms with Crippen LogP contribution in [-0.2, 0) is 14.8 Å². The molecule has 0 aliphatic heterocycles. The molecule has 0 saturated carbocycles. The fourth-order valence-corrected chi connectivity index (χ4v) is 3.74. The minimum atomic E-state index is -3.85. The molecule has 152 valence electrons. The van der Waals surface area contributed by atoms with Gasteiger partial charge in [-0.25, -0.2) is 8.42 Å². The highest BCUT2D eigenvalue weighted by molar-refractivity contribution is 7.92. The normalized spacial score (nSPS) is 11.5. The van der Waals surface area contributed by atoms with Gasteiger partial charge < -0.3 is 10.1 Å². The Kier molecular flexibility index (Phi) is 7.86. The van der Waals surface area contributed by atoms with Crippen molar-refractivity contribution in [3.63, 3.8) is 0 Å². The van der Waals surface area contributed by atoms with Gasteiger partial charge in [0.15, 0.2) is 0 Å². The fraction of sp³-hybridized carbons (Fsp3) is 0.350. The van der Waals surface area contributed by atoms with Crippen molar-refractivity contribution in [2.75, 3.05) is 17.9 Å². The number of aryl methyl sites for hydroxylation is 1. The topological polar surface area (TPSA) is 84.5 Å². The minimum Gasteiger partial charge on any atom is -0.379 e. The summed E-state index contributed by atoms with van der Waals surface area (Å²) in [6.07, 6.45) is 0.780. The molecule has 0 aliphatic rings. The van der Waals surface area contributed by atoms with Crippen LogP contribution in [-0.4, -0.2) is 33.6 Å². The molecule has 1 amide bonds. The van der Waals surface area contributed by atoms with Crippen LogP contribution in [0.5, 0.6) is 0 Å². The molecule has 0 saturated heterocycles. The van der Waals surface area contributed by atoms with E-state index in [1.807, 2.05) is 26.8 Å². The summed E-state index contributed by atoms with van der Waals surface area (Å²) in [5, 5.41) is 2.92. The highest BCUT2D eigenvalue weighted by Gasteiger charge is 2.19. The van der Waals surface area contributed by atoms with Gasteiger partial charge in [0.2, 0.25) is 0 Å². The maximum Gasteiger partial charge on any atom is 0.261 e. The number of halogens is 1. The number of carbonyl (C=O) groups excluding carboxylic acids is 1. The van der Waals surface area contributed by atoms with Crippen molar-refractivity contribution in [1.29, 1.82) is 0 Å². The van der Waals surface area contributed by atoms with Crippen molar-refractivity contribution in [1.82, 2.24) is 5.32 Å². The number of hydrogen-bond donors (Lipinski definition) is 2. The molecule has 0 heterocycles. The summed E-state index contributed by atoms with van der Waals surface area (Å²) in [4.78, 5) is 12.4. The summed E-state index contributed by atoms with van der Waals surface area (Å²) in [5.41, 5.74) is 1.49. The average molecular weight is 425 g/mol. The molecule has 2 aromatic carbocycles. The predicted molar refractivity (Wildman–Crippen MR) is 111 cm³/mol. The molecule has 2 aromatic rings. The zero-order chi connectivity index (χ0) is 20.7. The zero-order valence-corrected chi connectivity index (χ0v) is 17.7. The van der Waals surface area contributed by atoms with E-state index in [1.54, 1.807) is 18.2 Å². The van der Waals surface area contributed by atoms with E-state index in [0.717, 1.165) is 5.56 Å². The number of hydrogen-bond acceptors (Lipinski definition) is 4. The standard InChI is InChI=1S/C20H25ClN2O4S/c1-14(2)27-11-5-10-22-20(24)18-13-17(8-9-19(18)21)28(25,26)23-16-7-4-6-15(3)12-16/h4,6-9,12-14,23H,5,10-11H2,1-3H3,(H,22,24). The Morgan fingerprint density at radius 2 is 1.93 bits per heavy atom. The molecule has 0 radical (unpaired) electrons. The quantitative estimate of drug-likeness (QED) is 0.596. The van der Waals surface area contributed by atoms with Crippen molar-refractivity contribution in [2.24, 2.45) is 0 Å². The summed E-state index contributed by atoms with van der Waals surface area (Å²) in [5.74, 6) is -0.429. The van der Waals surface area contributed by atoms with E-state index in [9.17, 15) is 13.2 Å². The molecule has 2 N–H and O–H groups in total. The third-order valence-corrected chi connectivity index (χ3v) is 5.53. The van der Waals surface area contributed by atoms with Crippen molar-refractivity contribution >= 4 is 33.2 Å². The molecule has 0 fully saturated rings. The second-order valence-electron chi connectivity index (χ2n) is 6.65.